The number of halogens is 2. The van der Waals surface area contributed by atoms with E-state index in [1.54, 1.807) is 0 Å². The van der Waals surface area contributed by atoms with Gasteiger partial charge in [-0.05, 0) is 24.6 Å². The number of aromatic nitrogens is 2. The summed E-state index contributed by atoms with van der Waals surface area (Å²) in [6.45, 7) is 2.62. The van der Waals surface area contributed by atoms with Crippen LogP contribution in [0.4, 0.5) is 0 Å². The Labute approximate surface area is 133 Å². The fourth-order valence-corrected chi connectivity index (χ4v) is 2.58. The Morgan fingerprint density at radius 3 is 2.29 bits per heavy atom. The van der Waals surface area contributed by atoms with E-state index in [0.717, 1.165) is 27.4 Å². The van der Waals surface area contributed by atoms with Gasteiger partial charge in [0.2, 0.25) is 0 Å². The fourth-order valence-electron chi connectivity index (χ4n) is 2.27. The Kier molecular flexibility index (Phi) is 4.00. The Morgan fingerprint density at radius 2 is 1.62 bits per heavy atom. The van der Waals surface area contributed by atoms with E-state index >= 15 is 0 Å². The maximum absolute atomic E-state index is 6.42. The van der Waals surface area contributed by atoms with Crippen LogP contribution in [0.5, 0.6) is 0 Å². The first-order chi connectivity index (χ1) is 10.1. The van der Waals surface area contributed by atoms with Crippen molar-refractivity contribution in [1.82, 2.24) is 9.78 Å². The maximum Gasteiger partial charge on any atom is 0.130 e. The van der Waals surface area contributed by atoms with Crippen LogP contribution < -0.4 is 0 Å². The summed E-state index contributed by atoms with van der Waals surface area (Å²) in [7, 11) is 0. The van der Waals surface area contributed by atoms with Crippen LogP contribution in [0.15, 0.2) is 54.6 Å². The minimum absolute atomic E-state index is 0.629. The highest BCUT2D eigenvalue weighted by molar-refractivity contribution is 6.31. The van der Waals surface area contributed by atoms with E-state index in [2.05, 4.69) is 5.10 Å². The van der Waals surface area contributed by atoms with Crippen molar-refractivity contribution in [1.29, 1.82) is 0 Å². The van der Waals surface area contributed by atoms with E-state index in [9.17, 15) is 0 Å². The molecule has 1 heterocycles. The van der Waals surface area contributed by atoms with Gasteiger partial charge in [0.05, 0.1) is 12.2 Å². The zero-order valence-corrected chi connectivity index (χ0v) is 13.1. The molecule has 0 aliphatic carbocycles. The molecule has 3 rings (SSSR count). The molecule has 0 fully saturated rings. The van der Waals surface area contributed by atoms with Crippen molar-refractivity contribution in [2.45, 2.75) is 13.5 Å². The van der Waals surface area contributed by atoms with Gasteiger partial charge >= 0.3 is 0 Å². The van der Waals surface area contributed by atoms with Crippen molar-refractivity contribution in [3.63, 3.8) is 0 Å². The smallest absolute Gasteiger partial charge is 0.130 e. The largest absolute Gasteiger partial charge is 0.249 e. The van der Waals surface area contributed by atoms with E-state index in [1.165, 1.54) is 0 Å². The summed E-state index contributed by atoms with van der Waals surface area (Å²) in [5.74, 6) is 0. The van der Waals surface area contributed by atoms with Crippen LogP contribution in [0.3, 0.4) is 0 Å². The number of rotatable bonds is 3. The highest BCUT2D eigenvalue weighted by atomic mass is 35.5. The first-order valence-electron chi connectivity index (χ1n) is 6.68. The predicted octanol–water partition coefficient (Wildman–Crippen LogP) is 5.21. The molecule has 0 unspecified atom stereocenters. The van der Waals surface area contributed by atoms with Gasteiger partial charge in [-0.25, -0.2) is 4.68 Å². The molecule has 3 aromatic rings. The molecule has 0 amide bonds. The predicted molar refractivity (Wildman–Crippen MR) is 88.0 cm³/mol. The van der Waals surface area contributed by atoms with E-state index in [4.69, 9.17) is 23.2 Å². The van der Waals surface area contributed by atoms with E-state index in [1.807, 2.05) is 66.2 Å². The summed E-state index contributed by atoms with van der Waals surface area (Å²) < 4.78 is 1.82. The normalized spacial score (nSPS) is 10.8. The van der Waals surface area contributed by atoms with Gasteiger partial charge in [-0.3, -0.25) is 0 Å². The Hall–Kier alpha value is -1.77. The third kappa shape index (κ3) is 2.97. The summed E-state index contributed by atoms with van der Waals surface area (Å²) in [5, 5.41) is 6.05. The van der Waals surface area contributed by atoms with Gasteiger partial charge < -0.3 is 0 Å². The summed E-state index contributed by atoms with van der Waals surface area (Å²) >= 11 is 12.3. The monoisotopic (exact) mass is 316 g/mol. The highest BCUT2D eigenvalue weighted by Crippen LogP contribution is 2.28. The van der Waals surface area contributed by atoms with Crippen LogP contribution in [-0.4, -0.2) is 9.78 Å². The van der Waals surface area contributed by atoms with Gasteiger partial charge in [-0.15, -0.1) is 0 Å². The molecule has 1 aromatic heterocycles. The van der Waals surface area contributed by atoms with Crippen molar-refractivity contribution < 1.29 is 0 Å². The molecule has 2 aromatic carbocycles. The van der Waals surface area contributed by atoms with Crippen LogP contribution in [-0.2, 0) is 6.54 Å². The SMILES string of the molecule is Cc1c(-c2ccccc2)nn(Cc2ccc(Cl)cc2)c1Cl. The average molecular weight is 317 g/mol. The zero-order valence-electron chi connectivity index (χ0n) is 11.6. The molecular weight excluding hydrogens is 303 g/mol. The molecular formula is C17H14Cl2N2. The molecule has 0 saturated carbocycles. The van der Waals surface area contributed by atoms with Crippen LogP contribution in [0, 0.1) is 6.92 Å². The van der Waals surface area contributed by atoms with Crippen LogP contribution in [0.25, 0.3) is 11.3 Å². The molecule has 0 atom stereocenters. The first-order valence-corrected chi connectivity index (χ1v) is 7.43. The van der Waals surface area contributed by atoms with Crippen molar-refractivity contribution in [2.24, 2.45) is 0 Å². The minimum atomic E-state index is 0.629. The van der Waals surface area contributed by atoms with Crippen LogP contribution in [0.1, 0.15) is 11.1 Å². The Balaban J connectivity index is 1.95. The van der Waals surface area contributed by atoms with Crippen molar-refractivity contribution in [3.8, 4) is 11.3 Å². The second kappa shape index (κ2) is 5.92. The van der Waals surface area contributed by atoms with Crippen molar-refractivity contribution >= 4 is 23.2 Å². The average Bonchev–Trinajstić information content (AvgIpc) is 2.79. The topological polar surface area (TPSA) is 17.8 Å². The molecule has 0 saturated heterocycles. The lowest BCUT2D eigenvalue weighted by Crippen LogP contribution is -2.01. The number of hydrogen-bond acceptors (Lipinski definition) is 1. The van der Waals surface area contributed by atoms with Gasteiger partial charge in [-0.1, -0.05) is 65.7 Å². The molecule has 0 radical (unpaired) electrons. The lowest BCUT2D eigenvalue weighted by atomic mass is 10.1. The first kappa shape index (κ1) is 14.2. The van der Waals surface area contributed by atoms with Gasteiger partial charge in [0.15, 0.2) is 0 Å². The summed E-state index contributed by atoms with van der Waals surface area (Å²) in [6, 6.07) is 17.8. The van der Waals surface area contributed by atoms with Crippen molar-refractivity contribution in [3.05, 3.63) is 75.9 Å². The quantitative estimate of drug-likeness (QED) is 0.648. The fraction of sp³-hybridized carbons (Fsp3) is 0.118. The van der Waals surface area contributed by atoms with Gasteiger partial charge in [0, 0.05) is 16.1 Å². The molecule has 0 bridgehead atoms. The molecule has 4 heteroatoms. The third-order valence-corrected chi connectivity index (χ3v) is 4.14. The van der Waals surface area contributed by atoms with Crippen LogP contribution in [0.2, 0.25) is 10.2 Å². The standard InChI is InChI=1S/C17H14Cl2N2/c1-12-16(14-5-3-2-4-6-14)20-21(17(12)19)11-13-7-9-15(18)10-8-13/h2-10H,11H2,1H3. The molecule has 0 N–H and O–H groups in total. The third-order valence-electron chi connectivity index (χ3n) is 3.40. The zero-order chi connectivity index (χ0) is 14.8. The summed E-state index contributed by atoms with van der Waals surface area (Å²) in [4.78, 5) is 0. The Bertz CT molecular complexity index is 746. The van der Waals surface area contributed by atoms with E-state index < -0.39 is 0 Å². The summed E-state index contributed by atoms with van der Waals surface area (Å²) in [5.41, 5.74) is 4.11. The molecule has 106 valence electrons. The molecule has 2 nitrogen and oxygen atoms in total. The van der Waals surface area contributed by atoms with Crippen molar-refractivity contribution in [2.75, 3.05) is 0 Å². The second-order valence-electron chi connectivity index (χ2n) is 4.91. The number of nitrogens with zero attached hydrogens (tertiary/aromatic N) is 2. The van der Waals surface area contributed by atoms with Crippen LogP contribution >= 0.6 is 23.2 Å². The molecule has 0 aliphatic rings. The minimum Gasteiger partial charge on any atom is -0.249 e. The van der Waals surface area contributed by atoms with Gasteiger partial charge in [-0.2, -0.15) is 5.10 Å². The maximum atomic E-state index is 6.42. The number of benzene rings is 2. The molecule has 21 heavy (non-hydrogen) atoms. The highest BCUT2D eigenvalue weighted by Gasteiger charge is 2.14. The van der Waals surface area contributed by atoms with Gasteiger partial charge in [0.1, 0.15) is 5.15 Å². The summed E-state index contributed by atoms with van der Waals surface area (Å²) in [6.07, 6.45) is 0. The lowest BCUT2D eigenvalue weighted by Gasteiger charge is -2.03. The van der Waals surface area contributed by atoms with E-state index in [0.29, 0.717) is 11.7 Å². The molecule has 0 spiro atoms. The molecule has 0 aliphatic heterocycles. The van der Waals surface area contributed by atoms with E-state index in [-0.39, 0.29) is 0 Å². The van der Waals surface area contributed by atoms with Gasteiger partial charge in [0.25, 0.3) is 0 Å². The second-order valence-corrected chi connectivity index (χ2v) is 5.71. The number of hydrogen-bond donors (Lipinski definition) is 0. The lowest BCUT2D eigenvalue weighted by molar-refractivity contribution is 0.690. The Morgan fingerprint density at radius 1 is 0.952 bits per heavy atom.